The maximum Gasteiger partial charge on any atom is 0.356 e. The molecule has 2 aromatic heterocycles. The number of carboxylic acids is 1. The van der Waals surface area contributed by atoms with Crippen LogP contribution >= 0.6 is 0 Å². The lowest BCUT2D eigenvalue weighted by atomic mass is 10.0. The molecule has 0 radical (unpaired) electrons. The molecule has 3 rings (SSSR count). The third kappa shape index (κ3) is 2.78. The Morgan fingerprint density at radius 2 is 2.33 bits per heavy atom. The summed E-state index contributed by atoms with van der Waals surface area (Å²) in [6.45, 7) is 6.94. The van der Waals surface area contributed by atoms with Gasteiger partial charge in [-0.25, -0.2) is 9.78 Å². The van der Waals surface area contributed by atoms with Crippen molar-refractivity contribution in [1.29, 1.82) is 0 Å². The Bertz CT molecular complexity index is 677. The molecule has 1 N–H and O–H groups in total. The van der Waals surface area contributed by atoms with Crippen molar-refractivity contribution >= 4 is 11.6 Å². The number of piperidine rings is 1. The third-order valence-electron chi connectivity index (χ3n) is 4.20. The number of aryl methyl sites for hydroxylation is 1. The molecule has 2 aromatic rings. The number of nitrogens with zero attached hydrogens (tertiary/aromatic N) is 3. The van der Waals surface area contributed by atoms with Crippen molar-refractivity contribution < 1.29 is 9.90 Å². The summed E-state index contributed by atoms with van der Waals surface area (Å²) in [4.78, 5) is 18.1. The minimum atomic E-state index is -0.948. The van der Waals surface area contributed by atoms with Gasteiger partial charge in [0.05, 0.1) is 5.69 Å². The molecule has 1 atom stereocenters. The van der Waals surface area contributed by atoms with Crippen LogP contribution < -0.4 is 0 Å². The summed E-state index contributed by atoms with van der Waals surface area (Å²) in [6, 6.07) is 3.91. The van der Waals surface area contributed by atoms with Crippen LogP contribution in [-0.4, -0.2) is 38.4 Å². The van der Waals surface area contributed by atoms with Crippen LogP contribution in [0.15, 0.2) is 18.3 Å². The Balaban J connectivity index is 1.99. The fourth-order valence-electron chi connectivity index (χ4n) is 3.16. The molecule has 112 valence electrons. The van der Waals surface area contributed by atoms with Gasteiger partial charge >= 0.3 is 5.97 Å². The molecule has 1 aliphatic heterocycles. The van der Waals surface area contributed by atoms with Gasteiger partial charge in [0.1, 0.15) is 5.65 Å². The smallest absolute Gasteiger partial charge is 0.356 e. The van der Waals surface area contributed by atoms with Crippen LogP contribution in [0.25, 0.3) is 5.65 Å². The molecule has 0 aromatic carbocycles. The summed E-state index contributed by atoms with van der Waals surface area (Å²) >= 11 is 0. The molecule has 1 aliphatic rings. The van der Waals surface area contributed by atoms with Crippen molar-refractivity contribution in [2.75, 3.05) is 13.1 Å². The molecule has 1 saturated heterocycles. The predicted octanol–water partition coefficient (Wildman–Crippen LogP) is 2.57. The van der Waals surface area contributed by atoms with Crippen LogP contribution in [-0.2, 0) is 6.54 Å². The summed E-state index contributed by atoms with van der Waals surface area (Å²) in [5, 5.41) is 9.42. The number of imidazole rings is 1. The number of pyridine rings is 1. The Morgan fingerprint density at radius 3 is 3.05 bits per heavy atom. The minimum absolute atomic E-state index is 0.179. The van der Waals surface area contributed by atoms with E-state index in [0.717, 1.165) is 24.3 Å². The second-order valence-electron chi connectivity index (χ2n) is 6.13. The van der Waals surface area contributed by atoms with E-state index in [2.05, 4.69) is 16.8 Å². The first-order chi connectivity index (χ1) is 10.0. The van der Waals surface area contributed by atoms with Gasteiger partial charge in [0.15, 0.2) is 5.69 Å². The fraction of sp³-hybridized carbons (Fsp3) is 0.500. The highest BCUT2D eigenvalue weighted by molar-refractivity contribution is 5.88. The van der Waals surface area contributed by atoms with Gasteiger partial charge in [0.2, 0.25) is 0 Å². The van der Waals surface area contributed by atoms with Gasteiger partial charge in [0.25, 0.3) is 0 Å². The first kappa shape index (κ1) is 14.1. The quantitative estimate of drug-likeness (QED) is 0.942. The molecule has 1 unspecified atom stereocenters. The van der Waals surface area contributed by atoms with Crippen molar-refractivity contribution in [2.45, 2.75) is 33.2 Å². The first-order valence-corrected chi connectivity index (χ1v) is 7.48. The third-order valence-corrected chi connectivity index (χ3v) is 4.20. The predicted molar refractivity (Wildman–Crippen MR) is 80.6 cm³/mol. The number of fused-ring (bicyclic) bond motifs is 1. The molecule has 5 nitrogen and oxygen atoms in total. The molecule has 3 heterocycles. The number of rotatable bonds is 3. The molecule has 1 fully saturated rings. The first-order valence-electron chi connectivity index (χ1n) is 7.48. The lowest BCUT2D eigenvalue weighted by Gasteiger charge is -2.30. The molecule has 0 amide bonds. The average Bonchev–Trinajstić information content (AvgIpc) is 2.77. The standard InChI is InChI=1S/C16H21N3O2/c1-11-5-7-19-13(10-18-6-3-4-12(2)9-18)15(16(20)21)17-14(19)8-11/h5,7-8,12H,3-4,6,9-10H2,1-2H3,(H,20,21). The topological polar surface area (TPSA) is 57.8 Å². The van der Waals surface area contributed by atoms with E-state index in [-0.39, 0.29) is 5.69 Å². The van der Waals surface area contributed by atoms with Crippen molar-refractivity contribution in [3.8, 4) is 0 Å². The van der Waals surface area contributed by atoms with Gasteiger partial charge in [-0.3, -0.25) is 4.90 Å². The van der Waals surface area contributed by atoms with Gasteiger partial charge in [-0.2, -0.15) is 0 Å². The number of aromatic nitrogens is 2. The number of hydrogen-bond donors (Lipinski definition) is 1. The monoisotopic (exact) mass is 287 g/mol. The Labute approximate surface area is 124 Å². The average molecular weight is 287 g/mol. The van der Waals surface area contributed by atoms with Crippen molar-refractivity contribution in [3.63, 3.8) is 0 Å². The number of likely N-dealkylation sites (tertiary alicyclic amines) is 1. The summed E-state index contributed by atoms with van der Waals surface area (Å²) in [7, 11) is 0. The van der Waals surface area contributed by atoms with Crippen LogP contribution in [0.3, 0.4) is 0 Å². The maximum absolute atomic E-state index is 11.5. The summed E-state index contributed by atoms with van der Waals surface area (Å²) in [5.41, 5.74) is 2.76. The fourth-order valence-corrected chi connectivity index (χ4v) is 3.16. The lowest BCUT2D eigenvalue weighted by molar-refractivity contribution is 0.0687. The van der Waals surface area contributed by atoms with Gasteiger partial charge in [0, 0.05) is 19.3 Å². The zero-order valence-electron chi connectivity index (χ0n) is 12.5. The number of carbonyl (C=O) groups is 1. The van der Waals surface area contributed by atoms with Crippen LogP contribution in [0.4, 0.5) is 0 Å². The van der Waals surface area contributed by atoms with Crippen LogP contribution in [0.1, 0.15) is 41.5 Å². The van der Waals surface area contributed by atoms with E-state index in [1.54, 1.807) is 0 Å². The molecule has 21 heavy (non-hydrogen) atoms. The van der Waals surface area contributed by atoms with E-state index in [4.69, 9.17) is 0 Å². The summed E-state index contributed by atoms with van der Waals surface area (Å²) in [5.74, 6) is -0.273. The van der Waals surface area contributed by atoms with Crippen molar-refractivity contribution in [2.24, 2.45) is 5.92 Å². The lowest BCUT2D eigenvalue weighted by Crippen LogP contribution is -2.34. The Morgan fingerprint density at radius 1 is 1.52 bits per heavy atom. The Kier molecular flexibility index (Phi) is 3.68. The van der Waals surface area contributed by atoms with E-state index >= 15 is 0 Å². The van der Waals surface area contributed by atoms with Gasteiger partial charge in [-0.1, -0.05) is 6.92 Å². The van der Waals surface area contributed by atoms with Gasteiger partial charge < -0.3 is 9.51 Å². The second-order valence-corrected chi connectivity index (χ2v) is 6.13. The van der Waals surface area contributed by atoms with Crippen LogP contribution in [0.2, 0.25) is 0 Å². The van der Waals surface area contributed by atoms with E-state index in [9.17, 15) is 9.90 Å². The molecule has 5 heteroatoms. The molecule has 0 spiro atoms. The van der Waals surface area contributed by atoms with Gasteiger partial charge in [-0.15, -0.1) is 0 Å². The van der Waals surface area contributed by atoms with Crippen molar-refractivity contribution in [1.82, 2.24) is 14.3 Å². The molecular weight excluding hydrogens is 266 g/mol. The highest BCUT2D eigenvalue weighted by Gasteiger charge is 2.23. The van der Waals surface area contributed by atoms with Crippen LogP contribution in [0.5, 0.6) is 0 Å². The highest BCUT2D eigenvalue weighted by atomic mass is 16.4. The highest BCUT2D eigenvalue weighted by Crippen LogP contribution is 2.21. The molecule has 0 aliphatic carbocycles. The van der Waals surface area contributed by atoms with Crippen LogP contribution in [0, 0.1) is 12.8 Å². The number of hydrogen-bond acceptors (Lipinski definition) is 3. The largest absolute Gasteiger partial charge is 0.476 e. The summed E-state index contributed by atoms with van der Waals surface area (Å²) in [6.07, 6.45) is 4.36. The Hall–Kier alpha value is -1.88. The van der Waals surface area contributed by atoms with E-state index in [1.165, 1.54) is 12.8 Å². The van der Waals surface area contributed by atoms with Gasteiger partial charge in [-0.05, 0) is 49.9 Å². The van der Waals surface area contributed by atoms with Crippen molar-refractivity contribution in [3.05, 3.63) is 35.3 Å². The van der Waals surface area contributed by atoms with E-state index in [0.29, 0.717) is 18.1 Å². The number of aromatic carboxylic acids is 1. The zero-order valence-corrected chi connectivity index (χ0v) is 12.5. The number of carboxylic acid groups (broad SMARTS) is 1. The molecule has 0 saturated carbocycles. The van der Waals surface area contributed by atoms with E-state index in [1.807, 2.05) is 29.7 Å². The molecule has 0 bridgehead atoms. The second kappa shape index (κ2) is 5.48. The SMILES string of the molecule is Cc1ccn2c(CN3CCCC(C)C3)c(C(=O)O)nc2c1. The minimum Gasteiger partial charge on any atom is -0.476 e. The summed E-state index contributed by atoms with van der Waals surface area (Å²) < 4.78 is 1.91. The maximum atomic E-state index is 11.5. The molecular formula is C16H21N3O2. The van der Waals surface area contributed by atoms with E-state index < -0.39 is 5.97 Å². The zero-order chi connectivity index (χ0) is 15.0. The normalized spacial score (nSPS) is 20.0.